The van der Waals surface area contributed by atoms with Crippen molar-refractivity contribution in [1.82, 2.24) is 20.2 Å². The second kappa shape index (κ2) is 5.41. The summed E-state index contributed by atoms with van der Waals surface area (Å²) in [5, 5.41) is 22.5. The molecular formula is C13H9ClN6O2. The van der Waals surface area contributed by atoms with Crippen LogP contribution in [-0.2, 0) is 0 Å². The quantitative estimate of drug-likeness (QED) is 0.451. The summed E-state index contributed by atoms with van der Waals surface area (Å²) in [6, 6.07) is 11.3. The van der Waals surface area contributed by atoms with Crippen LogP contribution in [0.1, 0.15) is 0 Å². The number of nitrogen functional groups attached to an aromatic ring is 1. The molecule has 3 rings (SSSR count). The number of hydrogen-bond acceptors (Lipinski definition) is 6. The van der Waals surface area contributed by atoms with E-state index in [0.717, 1.165) is 5.56 Å². The van der Waals surface area contributed by atoms with Gasteiger partial charge in [0.1, 0.15) is 5.02 Å². The van der Waals surface area contributed by atoms with Gasteiger partial charge in [-0.3, -0.25) is 10.1 Å². The molecule has 2 aromatic carbocycles. The minimum atomic E-state index is -0.556. The maximum absolute atomic E-state index is 11.0. The molecule has 110 valence electrons. The normalized spacial score (nSPS) is 10.6. The van der Waals surface area contributed by atoms with Crippen LogP contribution in [0.25, 0.3) is 17.1 Å². The molecule has 0 radical (unpaired) electrons. The summed E-state index contributed by atoms with van der Waals surface area (Å²) in [6.45, 7) is 0. The molecule has 0 amide bonds. The zero-order valence-electron chi connectivity index (χ0n) is 11.0. The topological polar surface area (TPSA) is 113 Å². The van der Waals surface area contributed by atoms with Gasteiger partial charge in [-0.1, -0.05) is 11.6 Å². The van der Waals surface area contributed by atoms with Crippen molar-refractivity contribution in [2.75, 3.05) is 5.73 Å². The summed E-state index contributed by atoms with van der Waals surface area (Å²) in [5.74, 6) is 0.441. The first-order valence-electron chi connectivity index (χ1n) is 6.15. The third-order valence-corrected chi connectivity index (χ3v) is 3.33. The van der Waals surface area contributed by atoms with Crippen molar-refractivity contribution in [3.63, 3.8) is 0 Å². The lowest BCUT2D eigenvalue weighted by Gasteiger charge is -2.05. The smallest absolute Gasteiger partial charge is 0.290 e. The zero-order chi connectivity index (χ0) is 15.7. The van der Waals surface area contributed by atoms with Crippen LogP contribution >= 0.6 is 11.6 Å². The first-order chi connectivity index (χ1) is 10.6. The third-order valence-electron chi connectivity index (χ3n) is 3.01. The van der Waals surface area contributed by atoms with Crippen molar-refractivity contribution in [2.24, 2.45) is 0 Å². The molecule has 1 heterocycles. The number of benzene rings is 2. The van der Waals surface area contributed by atoms with Crippen LogP contribution in [-0.4, -0.2) is 25.1 Å². The lowest BCUT2D eigenvalue weighted by molar-refractivity contribution is -0.384. The first-order valence-corrected chi connectivity index (χ1v) is 6.52. The number of nitro benzene ring substituents is 1. The molecule has 3 aromatic rings. The van der Waals surface area contributed by atoms with Gasteiger partial charge in [0.05, 0.1) is 10.6 Å². The fourth-order valence-electron chi connectivity index (χ4n) is 1.95. The predicted molar refractivity (Wildman–Crippen MR) is 80.7 cm³/mol. The molecule has 2 N–H and O–H groups in total. The number of nitro groups is 1. The van der Waals surface area contributed by atoms with Gasteiger partial charge in [0.25, 0.3) is 5.69 Å². The van der Waals surface area contributed by atoms with Gasteiger partial charge >= 0.3 is 0 Å². The van der Waals surface area contributed by atoms with Crippen molar-refractivity contribution >= 4 is 23.0 Å². The fraction of sp³-hybridized carbons (Fsp3) is 0. The molecule has 0 bridgehead atoms. The molecule has 0 atom stereocenters. The van der Waals surface area contributed by atoms with E-state index in [2.05, 4.69) is 15.5 Å². The van der Waals surface area contributed by atoms with E-state index in [4.69, 9.17) is 17.3 Å². The number of nitrogens with two attached hydrogens (primary N) is 1. The average Bonchev–Trinajstić information content (AvgIpc) is 2.97. The lowest BCUT2D eigenvalue weighted by atomic mass is 10.2. The molecule has 1 aromatic heterocycles. The van der Waals surface area contributed by atoms with Crippen LogP contribution in [0, 0.1) is 10.1 Å². The number of hydrogen-bond donors (Lipinski definition) is 1. The van der Waals surface area contributed by atoms with Crippen molar-refractivity contribution in [3.8, 4) is 17.1 Å². The Morgan fingerprint density at radius 3 is 2.59 bits per heavy atom. The van der Waals surface area contributed by atoms with Gasteiger partial charge in [-0.25, -0.2) is 0 Å². The Bertz CT molecular complexity index is 846. The summed E-state index contributed by atoms with van der Waals surface area (Å²) >= 11 is 5.81. The largest absolute Gasteiger partial charge is 0.399 e. The zero-order valence-corrected chi connectivity index (χ0v) is 11.8. The van der Waals surface area contributed by atoms with Gasteiger partial charge in [-0.15, -0.1) is 5.10 Å². The fourth-order valence-corrected chi connectivity index (χ4v) is 2.13. The first kappa shape index (κ1) is 14.0. The molecule has 0 aliphatic heterocycles. The van der Waals surface area contributed by atoms with Crippen molar-refractivity contribution < 1.29 is 4.92 Å². The number of halogens is 1. The number of anilines is 1. The maximum Gasteiger partial charge on any atom is 0.290 e. The highest BCUT2D eigenvalue weighted by Gasteiger charge is 2.17. The molecular weight excluding hydrogens is 308 g/mol. The van der Waals surface area contributed by atoms with Gasteiger partial charge in [0.15, 0.2) is 5.82 Å². The lowest BCUT2D eigenvalue weighted by Crippen LogP contribution is -2.01. The Morgan fingerprint density at radius 2 is 1.91 bits per heavy atom. The van der Waals surface area contributed by atoms with Gasteiger partial charge in [0.2, 0.25) is 0 Å². The van der Waals surface area contributed by atoms with Crippen LogP contribution < -0.4 is 5.73 Å². The Morgan fingerprint density at radius 1 is 1.18 bits per heavy atom. The molecule has 0 spiro atoms. The molecule has 9 heteroatoms. The second-order valence-electron chi connectivity index (χ2n) is 4.43. The van der Waals surface area contributed by atoms with Gasteiger partial charge in [-0.05, 0) is 46.8 Å². The molecule has 0 unspecified atom stereocenters. The predicted octanol–water partition coefficient (Wildman–Crippen LogP) is 2.47. The second-order valence-corrected chi connectivity index (χ2v) is 4.84. The van der Waals surface area contributed by atoms with Crippen LogP contribution in [0.15, 0.2) is 42.5 Å². The van der Waals surface area contributed by atoms with Crippen molar-refractivity contribution in [3.05, 3.63) is 57.6 Å². The highest BCUT2D eigenvalue weighted by molar-refractivity contribution is 6.32. The Balaban J connectivity index is 2.11. The van der Waals surface area contributed by atoms with E-state index in [1.54, 1.807) is 30.3 Å². The summed E-state index contributed by atoms with van der Waals surface area (Å²) in [4.78, 5) is 10.4. The van der Waals surface area contributed by atoms with Crippen LogP contribution in [0.4, 0.5) is 11.4 Å². The summed E-state index contributed by atoms with van der Waals surface area (Å²) in [7, 11) is 0. The van der Waals surface area contributed by atoms with E-state index in [1.807, 2.05) is 0 Å². The highest BCUT2D eigenvalue weighted by atomic mass is 35.5. The standard InChI is InChI=1S/C13H9ClN6O2/c14-11-6-5-10(7-12(11)20(21)22)19-13(16-17-18-19)8-1-3-9(15)4-2-8/h1-7H,15H2. The Labute approximate surface area is 129 Å². The van der Waals surface area contributed by atoms with Crippen molar-refractivity contribution in [1.29, 1.82) is 0 Å². The molecule has 22 heavy (non-hydrogen) atoms. The Hall–Kier alpha value is -3.00. The van der Waals surface area contributed by atoms with E-state index in [1.165, 1.54) is 16.8 Å². The number of tetrazole rings is 1. The summed E-state index contributed by atoms with van der Waals surface area (Å²) < 4.78 is 1.40. The minimum absolute atomic E-state index is 0.0517. The van der Waals surface area contributed by atoms with Gasteiger partial charge in [-0.2, -0.15) is 4.68 Å². The third kappa shape index (κ3) is 2.47. The number of nitrogens with zero attached hydrogens (tertiary/aromatic N) is 5. The highest BCUT2D eigenvalue weighted by Crippen LogP contribution is 2.28. The van der Waals surface area contributed by atoms with E-state index in [9.17, 15) is 10.1 Å². The molecule has 0 saturated carbocycles. The van der Waals surface area contributed by atoms with Crippen molar-refractivity contribution in [2.45, 2.75) is 0 Å². The molecule has 8 nitrogen and oxygen atoms in total. The molecule has 0 fully saturated rings. The van der Waals surface area contributed by atoms with E-state index >= 15 is 0 Å². The summed E-state index contributed by atoms with van der Waals surface area (Å²) in [5.41, 5.74) is 7.23. The molecule has 0 aliphatic carbocycles. The molecule has 0 aliphatic rings. The van der Waals surface area contributed by atoms with E-state index in [-0.39, 0.29) is 10.7 Å². The number of aromatic nitrogens is 4. The SMILES string of the molecule is Nc1ccc(-c2nnnn2-c2ccc(Cl)c([N+](=O)[O-])c2)cc1. The average molecular weight is 317 g/mol. The van der Waals surface area contributed by atoms with E-state index in [0.29, 0.717) is 17.2 Å². The van der Waals surface area contributed by atoms with Crippen LogP contribution in [0.5, 0.6) is 0 Å². The van der Waals surface area contributed by atoms with Gasteiger partial charge < -0.3 is 5.73 Å². The van der Waals surface area contributed by atoms with Crippen LogP contribution in [0.2, 0.25) is 5.02 Å². The van der Waals surface area contributed by atoms with Gasteiger partial charge in [0, 0.05) is 17.3 Å². The molecule has 0 saturated heterocycles. The number of rotatable bonds is 3. The monoisotopic (exact) mass is 316 g/mol. The van der Waals surface area contributed by atoms with E-state index < -0.39 is 4.92 Å². The van der Waals surface area contributed by atoms with Crippen LogP contribution in [0.3, 0.4) is 0 Å². The summed E-state index contributed by atoms with van der Waals surface area (Å²) in [6.07, 6.45) is 0. The minimum Gasteiger partial charge on any atom is -0.399 e. The maximum atomic E-state index is 11.0. The Kier molecular flexibility index (Phi) is 3.43.